The molecule has 1 fully saturated rings. The van der Waals surface area contributed by atoms with Gasteiger partial charge in [0.25, 0.3) is 0 Å². The Balaban J connectivity index is 1.81. The van der Waals surface area contributed by atoms with Crippen LogP contribution in [0.2, 0.25) is 0 Å². The molecule has 2 aromatic heterocycles. The van der Waals surface area contributed by atoms with Gasteiger partial charge in [-0.05, 0) is 19.1 Å². The van der Waals surface area contributed by atoms with Crippen molar-refractivity contribution >= 4 is 11.7 Å². The number of morpholine rings is 1. The van der Waals surface area contributed by atoms with E-state index in [1.54, 1.807) is 19.1 Å². The van der Waals surface area contributed by atoms with Crippen LogP contribution in [0.1, 0.15) is 23.3 Å². The number of nitrogens with one attached hydrogen (secondary N) is 1. The molecule has 0 unspecified atom stereocenters. The number of aromatic nitrogens is 1. The number of aryl methyl sites for hydroxylation is 1. The molecule has 0 bridgehead atoms. The minimum Gasteiger partial charge on any atom is -0.494 e. The Morgan fingerprint density at radius 2 is 2.19 bits per heavy atom. The Morgan fingerprint density at radius 1 is 1.41 bits per heavy atom. The number of carbonyl (C=O) groups excluding carboxylic acids is 1. The zero-order valence-corrected chi connectivity index (χ0v) is 14.7. The Morgan fingerprint density at radius 3 is 2.81 bits per heavy atom. The van der Waals surface area contributed by atoms with Gasteiger partial charge in [0.15, 0.2) is 0 Å². The van der Waals surface area contributed by atoms with Crippen molar-refractivity contribution in [2.24, 2.45) is 0 Å². The summed E-state index contributed by atoms with van der Waals surface area (Å²) in [6.07, 6.45) is -3.69. The predicted octanol–water partition coefficient (Wildman–Crippen LogP) is 3.62. The van der Waals surface area contributed by atoms with E-state index in [2.05, 4.69) is 10.3 Å². The molecule has 0 aromatic carbocycles. The third-order valence-corrected chi connectivity index (χ3v) is 4.10. The first-order chi connectivity index (χ1) is 12.8. The average molecular weight is 385 g/mol. The summed E-state index contributed by atoms with van der Waals surface area (Å²) >= 11 is 0. The number of methoxy groups -OCH3 is 1. The van der Waals surface area contributed by atoms with Gasteiger partial charge in [-0.2, -0.15) is 13.2 Å². The van der Waals surface area contributed by atoms with Crippen molar-refractivity contribution in [2.45, 2.75) is 19.1 Å². The van der Waals surface area contributed by atoms with Crippen LogP contribution in [0.3, 0.4) is 0 Å². The lowest BCUT2D eigenvalue weighted by Gasteiger charge is -2.34. The first-order valence-electron chi connectivity index (χ1n) is 8.12. The number of alkyl halides is 3. The van der Waals surface area contributed by atoms with Gasteiger partial charge in [0.05, 0.1) is 26.5 Å². The van der Waals surface area contributed by atoms with E-state index in [1.807, 2.05) is 0 Å². The Hall–Kier alpha value is -2.75. The highest BCUT2D eigenvalue weighted by Crippen LogP contribution is 2.34. The molecule has 1 N–H and O–H groups in total. The molecule has 2 aromatic rings. The number of carbonyl (C=O) groups is 1. The molecule has 1 saturated heterocycles. The molecule has 0 radical (unpaired) electrons. The number of rotatable bonds is 3. The maximum Gasteiger partial charge on any atom is 0.433 e. The second kappa shape index (κ2) is 7.47. The van der Waals surface area contributed by atoms with Crippen molar-refractivity contribution in [3.05, 3.63) is 41.6 Å². The first-order valence-corrected chi connectivity index (χ1v) is 8.12. The molecule has 2 amide bonds. The fourth-order valence-electron chi connectivity index (χ4n) is 2.76. The maximum absolute atomic E-state index is 12.8. The molecule has 0 saturated carbocycles. The second-order valence-corrected chi connectivity index (χ2v) is 5.93. The monoisotopic (exact) mass is 385 g/mol. The van der Waals surface area contributed by atoms with Crippen molar-refractivity contribution in [3.63, 3.8) is 0 Å². The SMILES string of the molecule is COc1cc(C(F)(F)F)ncc1NC(=O)N1CCOC[C@@H]1c1ccc(C)o1. The molecular weight excluding hydrogens is 367 g/mol. The molecule has 0 spiro atoms. The lowest BCUT2D eigenvalue weighted by atomic mass is 10.2. The van der Waals surface area contributed by atoms with Crippen LogP contribution in [-0.4, -0.2) is 42.8 Å². The van der Waals surface area contributed by atoms with Crippen molar-refractivity contribution in [1.82, 2.24) is 9.88 Å². The van der Waals surface area contributed by atoms with Crippen molar-refractivity contribution < 1.29 is 31.9 Å². The number of nitrogens with zero attached hydrogens (tertiary/aromatic N) is 2. The first kappa shape index (κ1) is 19.0. The Labute approximate surface area is 153 Å². The van der Waals surface area contributed by atoms with Gasteiger partial charge in [-0.3, -0.25) is 0 Å². The Kier molecular flexibility index (Phi) is 5.26. The van der Waals surface area contributed by atoms with Gasteiger partial charge >= 0.3 is 12.2 Å². The van der Waals surface area contributed by atoms with Gasteiger partial charge in [0, 0.05) is 12.6 Å². The van der Waals surface area contributed by atoms with Crippen molar-refractivity contribution in [1.29, 1.82) is 0 Å². The summed E-state index contributed by atoms with van der Waals surface area (Å²) in [7, 11) is 1.22. The van der Waals surface area contributed by atoms with Gasteiger partial charge in [0.2, 0.25) is 0 Å². The molecule has 3 heterocycles. The van der Waals surface area contributed by atoms with E-state index in [4.69, 9.17) is 13.9 Å². The molecule has 7 nitrogen and oxygen atoms in total. The summed E-state index contributed by atoms with van der Waals surface area (Å²) in [5.41, 5.74) is -1.07. The number of urea groups is 1. The van der Waals surface area contributed by atoms with Gasteiger partial charge in [-0.15, -0.1) is 0 Å². The highest BCUT2D eigenvalue weighted by molar-refractivity contribution is 5.91. The summed E-state index contributed by atoms with van der Waals surface area (Å²) in [6.45, 7) is 2.68. The van der Waals surface area contributed by atoms with Crippen LogP contribution in [0.4, 0.5) is 23.7 Å². The summed E-state index contributed by atoms with van der Waals surface area (Å²) in [6, 6.07) is 3.32. The van der Waals surface area contributed by atoms with Crippen LogP contribution in [0.5, 0.6) is 5.75 Å². The van der Waals surface area contributed by atoms with Crippen LogP contribution in [0.15, 0.2) is 28.8 Å². The summed E-state index contributed by atoms with van der Waals surface area (Å²) in [5, 5.41) is 2.55. The fraction of sp³-hybridized carbons (Fsp3) is 0.412. The van der Waals surface area contributed by atoms with Crippen LogP contribution in [0, 0.1) is 6.92 Å². The number of amides is 2. The third-order valence-electron chi connectivity index (χ3n) is 4.10. The maximum atomic E-state index is 12.8. The van der Waals surface area contributed by atoms with E-state index in [1.165, 1.54) is 12.0 Å². The summed E-state index contributed by atoms with van der Waals surface area (Å²) < 4.78 is 54.4. The lowest BCUT2D eigenvalue weighted by molar-refractivity contribution is -0.141. The standard InChI is InChI=1S/C17H18F3N3O4/c1-10-3-4-13(27-10)12-9-26-6-5-23(12)16(24)22-11-8-21-15(17(18,19)20)7-14(11)25-2/h3-4,7-8,12H,5-6,9H2,1-2H3,(H,22,24)/t12-/m1/s1. The van der Waals surface area contributed by atoms with Gasteiger partial charge in [-0.25, -0.2) is 9.78 Å². The predicted molar refractivity (Wildman–Crippen MR) is 88.5 cm³/mol. The van der Waals surface area contributed by atoms with E-state index in [-0.39, 0.29) is 18.0 Å². The van der Waals surface area contributed by atoms with E-state index in [9.17, 15) is 18.0 Å². The zero-order chi connectivity index (χ0) is 19.6. The molecule has 0 aliphatic carbocycles. The fourth-order valence-corrected chi connectivity index (χ4v) is 2.76. The van der Waals surface area contributed by atoms with Gasteiger partial charge < -0.3 is 24.1 Å². The molecule has 1 aliphatic rings. The van der Waals surface area contributed by atoms with Gasteiger partial charge in [0.1, 0.15) is 34.7 Å². The lowest BCUT2D eigenvalue weighted by Crippen LogP contribution is -2.45. The highest BCUT2D eigenvalue weighted by atomic mass is 19.4. The number of anilines is 1. The quantitative estimate of drug-likeness (QED) is 0.873. The molecule has 3 rings (SSSR count). The molecule has 27 heavy (non-hydrogen) atoms. The zero-order valence-electron chi connectivity index (χ0n) is 14.7. The topological polar surface area (TPSA) is 76.8 Å². The molecule has 146 valence electrons. The number of furan rings is 1. The number of ether oxygens (including phenoxy) is 2. The van der Waals surface area contributed by atoms with E-state index in [0.29, 0.717) is 24.7 Å². The van der Waals surface area contributed by atoms with Crippen LogP contribution in [-0.2, 0) is 10.9 Å². The van der Waals surface area contributed by atoms with Crippen LogP contribution < -0.4 is 10.1 Å². The van der Waals surface area contributed by atoms with Crippen molar-refractivity contribution in [3.8, 4) is 5.75 Å². The number of hydrogen-bond acceptors (Lipinski definition) is 5. The van der Waals surface area contributed by atoms with Gasteiger partial charge in [-0.1, -0.05) is 0 Å². The molecule has 1 aliphatic heterocycles. The van der Waals surface area contributed by atoms with E-state index in [0.717, 1.165) is 12.3 Å². The molecule has 10 heteroatoms. The van der Waals surface area contributed by atoms with E-state index < -0.39 is 23.9 Å². The smallest absolute Gasteiger partial charge is 0.433 e. The average Bonchev–Trinajstić information content (AvgIpc) is 3.07. The Bertz CT molecular complexity index is 822. The second-order valence-electron chi connectivity index (χ2n) is 5.93. The highest BCUT2D eigenvalue weighted by Gasteiger charge is 2.34. The largest absolute Gasteiger partial charge is 0.494 e. The number of halogens is 3. The normalized spacial score (nSPS) is 17.7. The summed E-state index contributed by atoms with van der Waals surface area (Å²) in [5.74, 6) is 1.13. The molecule has 1 atom stereocenters. The number of hydrogen-bond donors (Lipinski definition) is 1. The number of pyridine rings is 1. The molecular formula is C17H18F3N3O4. The van der Waals surface area contributed by atoms with Crippen LogP contribution in [0.25, 0.3) is 0 Å². The van der Waals surface area contributed by atoms with Crippen molar-refractivity contribution in [2.75, 3.05) is 32.2 Å². The third kappa shape index (κ3) is 4.16. The minimum absolute atomic E-state index is 0.0383. The van der Waals surface area contributed by atoms with Crippen LogP contribution >= 0.6 is 0 Å². The summed E-state index contributed by atoms with van der Waals surface area (Å²) in [4.78, 5) is 17.6. The van der Waals surface area contributed by atoms with E-state index >= 15 is 0 Å². The minimum atomic E-state index is -4.61.